The summed E-state index contributed by atoms with van der Waals surface area (Å²) < 4.78 is 39.3. The van der Waals surface area contributed by atoms with Crippen molar-refractivity contribution in [1.82, 2.24) is 9.21 Å². The molecule has 204 valence electrons. The number of carbonyl (C=O) groups is 1. The van der Waals surface area contributed by atoms with Gasteiger partial charge in [0.15, 0.2) is 17.3 Å². The van der Waals surface area contributed by atoms with Gasteiger partial charge in [-0.05, 0) is 80.1 Å². The summed E-state index contributed by atoms with van der Waals surface area (Å²) in [6.07, 6.45) is 2.86. The highest BCUT2D eigenvalue weighted by Crippen LogP contribution is 2.48. The molecule has 1 atom stereocenters. The molecule has 0 fully saturated rings. The third-order valence-corrected chi connectivity index (χ3v) is 9.95. The van der Waals surface area contributed by atoms with Gasteiger partial charge in [0.05, 0.1) is 24.7 Å². The van der Waals surface area contributed by atoms with E-state index in [1.807, 2.05) is 19.9 Å². The number of carbonyl (C=O) groups excluding carboxylic acids is 1. The van der Waals surface area contributed by atoms with Gasteiger partial charge >= 0.3 is 0 Å². The molecular weight excluding hydrogens is 535 g/mol. The van der Waals surface area contributed by atoms with E-state index in [-0.39, 0.29) is 24.2 Å². The minimum absolute atomic E-state index is 0. The van der Waals surface area contributed by atoms with Crippen molar-refractivity contribution < 1.29 is 22.7 Å². The van der Waals surface area contributed by atoms with Crippen LogP contribution in [-0.4, -0.2) is 63.8 Å². The lowest BCUT2D eigenvalue weighted by molar-refractivity contribution is 0.0946. The zero-order valence-electron chi connectivity index (χ0n) is 22.1. The lowest BCUT2D eigenvalue weighted by Gasteiger charge is -2.35. The fraction of sp³-hybridized carbons (Fsp3) is 0.519. The van der Waals surface area contributed by atoms with Gasteiger partial charge in [-0.1, -0.05) is 18.5 Å². The number of ketones is 1. The Bertz CT molecular complexity index is 1280. The molecule has 0 saturated carbocycles. The quantitative estimate of drug-likeness (QED) is 0.357. The van der Waals surface area contributed by atoms with Crippen molar-refractivity contribution in [2.45, 2.75) is 57.4 Å². The van der Waals surface area contributed by atoms with Crippen molar-refractivity contribution >= 4 is 39.8 Å². The molecule has 0 spiro atoms. The van der Waals surface area contributed by atoms with Crippen LogP contribution in [0.2, 0.25) is 5.02 Å². The van der Waals surface area contributed by atoms with Crippen LogP contribution in [0.25, 0.3) is 0 Å². The Morgan fingerprint density at radius 3 is 2.49 bits per heavy atom. The van der Waals surface area contributed by atoms with Gasteiger partial charge in [0.25, 0.3) is 0 Å². The number of ether oxygens (including phenoxy) is 2. The first-order valence-corrected chi connectivity index (χ1v) is 14.3. The van der Waals surface area contributed by atoms with Crippen LogP contribution in [0, 0.1) is 13.8 Å². The highest BCUT2D eigenvalue weighted by molar-refractivity contribution is 7.89. The Morgan fingerprint density at radius 1 is 1.11 bits per heavy atom. The number of methoxy groups -OCH3 is 2. The second-order valence-corrected chi connectivity index (χ2v) is 11.9. The Labute approximate surface area is 231 Å². The summed E-state index contributed by atoms with van der Waals surface area (Å²) in [7, 11) is -0.437. The van der Waals surface area contributed by atoms with Crippen LogP contribution in [-0.2, 0) is 16.4 Å². The van der Waals surface area contributed by atoms with E-state index in [2.05, 4.69) is 4.90 Å². The van der Waals surface area contributed by atoms with Crippen molar-refractivity contribution in [2.75, 3.05) is 40.4 Å². The number of hydrogen-bond donors (Lipinski definition) is 0. The van der Waals surface area contributed by atoms with Gasteiger partial charge in [0, 0.05) is 37.1 Å². The molecule has 10 heteroatoms. The third kappa shape index (κ3) is 5.50. The van der Waals surface area contributed by atoms with E-state index in [0.717, 1.165) is 49.0 Å². The van der Waals surface area contributed by atoms with Crippen LogP contribution >= 0.6 is 24.0 Å². The fourth-order valence-corrected chi connectivity index (χ4v) is 7.53. The van der Waals surface area contributed by atoms with Crippen LogP contribution in [0.4, 0.5) is 0 Å². The van der Waals surface area contributed by atoms with E-state index >= 15 is 0 Å². The first kappa shape index (κ1) is 29.7. The summed E-state index contributed by atoms with van der Waals surface area (Å²) in [6, 6.07) is 5.43. The first-order chi connectivity index (χ1) is 17.1. The molecule has 0 saturated heterocycles. The van der Waals surface area contributed by atoms with Crippen LogP contribution in [0.1, 0.15) is 64.8 Å². The molecule has 0 amide bonds. The number of nitrogens with zero attached hydrogens (tertiary/aromatic N) is 2. The van der Waals surface area contributed by atoms with Crippen molar-refractivity contribution in [2.24, 2.45) is 0 Å². The van der Waals surface area contributed by atoms with Crippen LogP contribution in [0.5, 0.6) is 11.5 Å². The number of halogens is 2. The molecule has 1 unspecified atom stereocenters. The summed E-state index contributed by atoms with van der Waals surface area (Å²) in [6.45, 7) is 7.98. The van der Waals surface area contributed by atoms with Gasteiger partial charge in [-0.25, -0.2) is 8.42 Å². The van der Waals surface area contributed by atoms with Crippen molar-refractivity contribution in [3.63, 3.8) is 0 Å². The minimum Gasteiger partial charge on any atom is -0.493 e. The van der Waals surface area contributed by atoms with Gasteiger partial charge in [-0.2, -0.15) is 4.31 Å². The van der Waals surface area contributed by atoms with E-state index in [0.29, 0.717) is 52.1 Å². The van der Waals surface area contributed by atoms with E-state index < -0.39 is 10.0 Å². The Kier molecular flexibility index (Phi) is 9.56. The molecule has 2 aromatic rings. The van der Waals surface area contributed by atoms with E-state index in [1.165, 1.54) is 0 Å². The molecule has 1 aliphatic heterocycles. The molecule has 7 nitrogen and oxygen atoms in total. The predicted molar refractivity (Wildman–Crippen MR) is 148 cm³/mol. The molecule has 1 aliphatic carbocycles. The van der Waals surface area contributed by atoms with Crippen LogP contribution in [0.3, 0.4) is 0 Å². The largest absolute Gasteiger partial charge is 0.493 e. The monoisotopic (exact) mass is 570 g/mol. The molecule has 1 heterocycles. The second kappa shape index (κ2) is 11.9. The van der Waals surface area contributed by atoms with E-state index in [9.17, 15) is 13.2 Å². The fourth-order valence-electron chi connectivity index (χ4n) is 5.53. The maximum atomic E-state index is 13.3. The maximum Gasteiger partial charge on any atom is 0.243 e. The number of benzene rings is 2. The molecule has 0 bridgehead atoms. The molecule has 37 heavy (non-hydrogen) atoms. The number of Topliss-reactive ketones (excluding diaryl/α,β-unsaturated/α-hetero) is 1. The molecular formula is C27H36Cl2N2O5S. The topological polar surface area (TPSA) is 76.2 Å². The molecule has 2 aliphatic rings. The maximum absolute atomic E-state index is 13.3. The highest BCUT2D eigenvalue weighted by Gasteiger charge is 2.41. The molecule has 0 radical (unpaired) electrons. The number of unbranched alkanes of at least 4 members (excludes halogenated alkanes) is 1. The van der Waals surface area contributed by atoms with E-state index in [4.69, 9.17) is 21.1 Å². The van der Waals surface area contributed by atoms with Crippen molar-refractivity contribution in [1.29, 1.82) is 0 Å². The zero-order chi connectivity index (χ0) is 26.2. The Morgan fingerprint density at radius 2 is 1.84 bits per heavy atom. The molecule has 4 rings (SSSR count). The SMILES string of the molecule is CCN(CCCCN1CCc2cc(OC)c(OC)c3c2C1CC3=O)S(=O)(=O)c1cc(C)c(Cl)cc1C.Cl. The smallest absolute Gasteiger partial charge is 0.243 e. The summed E-state index contributed by atoms with van der Waals surface area (Å²) >= 11 is 6.18. The summed E-state index contributed by atoms with van der Waals surface area (Å²) in [5.41, 5.74) is 4.31. The van der Waals surface area contributed by atoms with Gasteiger partial charge in [0.1, 0.15) is 0 Å². The van der Waals surface area contributed by atoms with Gasteiger partial charge in [-0.15, -0.1) is 12.4 Å². The number of aryl methyl sites for hydroxylation is 2. The van der Waals surface area contributed by atoms with E-state index in [1.54, 1.807) is 37.6 Å². The zero-order valence-corrected chi connectivity index (χ0v) is 24.5. The Hall–Kier alpha value is -1.84. The lowest BCUT2D eigenvalue weighted by atomic mass is 9.92. The first-order valence-electron chi connectivity index (χ1n) is 12.5. The summed E-state index contributed by atoms with van der Waals surface area (Å²) in [5, 5.41) is 0.571. The third-order valence-electron chi connectivity index (χ3n) is 7.43. The van der Waals surface area contributed by atoms with Gasteiger partial charge in [0.2, 0.25) is 10.0 Å². The predicted octanol–water partition coefficient (Wildman–Crippen LogP) is 5.37. The number of rotatable bonds is 10. The van der Waals surface area contributed by atoms with Crippen molar-refractivity contribution in [3.05, 3.63) is 51.0 Å². The molecule has 0 aromatic heterocycles. The minimum atomic E-state index is -3.60. The number of hydrogen-bond acceptors (Lipinski definition) is 6. The standard InChI is InChI=1S/C27H35ClN2O5S.ClH/c1-6-30(36(32,33)24-14-17(2)20(28)13-18(24)3)11-8-7-10-29-12-9-19-15-23(34-4)27(35-5)26-22(31)16-21(29)25(19)26;/h13-15,21H,6-12,16H2,1-5H3;1H. The second-order valence-electron chi connectivity index (χ2n) is 9.56. The molecule has 0 N–H and O–H groups in total. The van der Waals surface area contributed by atoms with Gasteiger partial charge < -0.3 is 9.47 Å². The van der Waals surface area contributed by atoms with Gasteiger partial charge in [-0.3, -0.25) is 9.69 Å². The lowest BCUT2D eigenvalue weighted by Crippen LogP contribution is -2.36. The normalized spacial score (nSPS) is 17.1. The highest BCUT2D eigenvalue weighted by atomic mass is 35.5. The average Bonchev–Trinajstić information content (AvgIpc) is 3.20. The Balaban J connectivity index is 0.00000380. The van der Waals surface area contributed by atoms with Crippen LogP contribution < -0.4 is 9.47 Å². The molecule has 2 aromatic carbocycles. The summed E-state index contributed by atoms with van der Waals surface area (Å²) in [5.74, 6) is 1.23. The number of sulfonamides is 1. The summed E-state index contributed by atoms with van der Waals surface area (Å²) in [4.78, 5) is 15.6. The van der Waals surface area contributed by atoms with Crippen LogP contribution in [0.15, 0.2) is 23.1 Å². The van der Waals surface area contributed by atoms with Crippen molar-refractivity contribution in [3.8, 4) is 11.5 Å². The average molecular weight is 572 g/mol.